The van der Waals surface area contributed by atoms with Gasteiger partial charge >= 0.3 is 0 Å². The smallest absolute Gasteiger partial charge is 0.256 e. The van der Waals surface area contributed by atoms with E-state index in [4.69, 9.17) is 4.74 Å². The Bertz CT molecular complexity index is 973. The van der Waals surface area contributed by atoms with E-state index in [2.05, 4.69) is 49.1 Å². The van der Waals surface area contributed by atoms with Gasteiger partial charge in [-0.2, -0.15) is 0 Å². The van der Waals surface area contributed by atoms with E-state index in [-0.39, 0.29) is 5.91 Å². The van der Waals surface area contributed by atoms with Crippen LogP contribution in [-0.2, 0) is 11.3 Å². The number of unbranched alkanes of at least 4 members (excludes halogenated alkanes) is 2. The molecule has 3 rings (SSSR count). The third-order valence-corrected chi connectivity index (χ3v) is 5.68. The molecule has 0 radical (unpaired) electrons. The highest BCUT2D eigenvalue weighted by atomic mass is 79.9. The number of benzene rings is 1. The van der Waals surface area contributed by atoms with Crippen LogP contribution in [0.3, 0.4) is 0 Å². The zero-order valence-corrected chi connectivity index (χ0v) is 19.2. The molecule has 0 saturated carbocycles. The van der Waals surface area contributed by atoms with Crippen molar-refractivity contribution in [1.29, 1.82) is 0 Å². The zero-order valence-electron chi connectivity index (χ0n) is 17.6. The van der Waals surface area contributed by atoms with Crippen molar-refractivity contribution in [2.24, 2.45) is 0 Å². The maximum absolute atomic E-state index is 12.6. The van der Waals surface area contributed by atoms with Crippen molar-refractivity contribution >= 4 is 38.6 Å². The van der Waals surface area contributed by atoms with Crippen LogP contribution in [0.15, 0.2) is 47.1 Å². The average Bonchev–Trinajstić information content (AvgIpc) is 3.13. The Morgan fingerprint density at radius 2 is 2.07 bits per heavy atom. The summed E-state index contributed by atoms with van der Waals surface area (Å²) in [5.41, 5.74) is 3.20. The number of anilines is 1. The second-order valence-electron chi connectivity index (χ2n) is 7.37. The molecule has 2 aromatic heterocycles. The normalized spacial score (nSPS) is 11.3. The molecule has 1 aromatic carbocycles. The predicted molar refractivity (Wildman–Crippen MR) is 125 cm³/mol. The topological polar surface area (TPSA) is 70.2 Å². The third kappa shape index (κ3) is 6.14. The number of H-pyrrole nitrogens is 1. The molecule has 0 fully saturated rings. The number of hydrogen-bond donors (Lipinski definition) is 2. The lowest BCUT2D eigenvalue weighted by atomic mass is 10.2. The molecule has 7 heteroatoms. The summed E-state index contributed by atoms with van der Waals surface area (Å²) in [6, 6.07) is 11.4. The highest BCUT2D eigenvalue weighted by Gasteiger charge is 2.12. The number of carbonyl (C=O) groups is 1. The van der Waals surface area contributed by atoms with Gasteiger partial charge in [-0.3, -0.25) is 9.69 Å². The number of halogens is 1. The molecule has 0 aliphatic carbocycles. The molecule has 6 nitrogen and oxygen atoms in total. The number of hydrogen-bond acceptors (Lipinski definition) is 4. The molecule has 0 saturated heterocycles. The minimum Gasteiger partial charge on any atom is -0.383 e. The quantitative estimate of drug-likeness (QED) is 0.375. The van der Waals surface area contributed by atoms with E-state index >= 15 is 0 Å². The number of aromatic amines is 1. The molecule has 0 aliphatic heterocycles. The van der Waals surface area contributed by atoms with Crippen LogP contribution >= 0.6 is 15.9 Å². The number of methoxy groups -OCH3 is 1. The van der Waals surface area contributed by atoms with Gasteiger partial charge in [-0.05, 0) is 53.2 Å². The SMILES string of the molecule is CCCCCN(CCOC)Cc1cc2cc(NC(=O)c3ccccc3Br)cnc2[nH]1. The zero-order chi connectivity index (χ0) is 21.3. The Labute approximate surface area is 186 Å². The van der Waals surface area contributed by atoms with Gasteiger partial charge in [0.15, 0.2) is 0 Å². The molecular formula is C23H29BrN4O2. The van der Waals surface area contributed by atoms with Gasteiger partial charge in [0.05, 0.1) is 24.1 Å². The molecule has 2 heterocycles. The molecule has 30 heavy (non-hydrogen) atoms. The molecule has 3 aromatic rings. The molecule has 2 N–H and O–H groups in total. The summed E-state index contributed by atoms with van der Waals surface area (Å²) < 4.78 is 6.03. The fraction of sp³-hybridized carbons (Fsp3) is 0.391. The number of amides is 1. The molecular weight excluding hydrogens is 444 g/mol. The van der Waals surface area contributed by atoms with Crippen LogP contribution in [0.2, 0.25) is 0 Å². The second kappa shape index (κ2) is 11.2. The molecule has 0 bridgehead atoms. The van der Waals surface area contributed by atoms with E-state index in [1.165, 1.54) is 19.3 Å². The summed E-state index contributed by atoms with van der Waals surface area (Å²) in [6.45, 7) is 5.71. The monoisotopic (exact) mass is 472 g/mol. The van der Waals surface area contributed by atoms with Crippen molar-refractivity contribution in [3.05, 3.63) is 58.3 Å². The van der Waals surface area contributed by atoms with Crippen molar-refractivity contribution < 1.29 is 9.53 Å². The molecule has 0 atom stereocenters. The number of pyridine rings is 1. The number of rotatable bonds is 11. The average molecular weight is 473 g/mol. The second-order valence-corrected chi connectivity index (χ2v) is 8.22. The van der Waals surface area contributed by atoms with Crippen LogP contribution in [0.1, 0.15) is 42.2 Å². The lowest BCUT2D eigenvalue weighted by molar-refractivity contribution is 0.102. The van der Waals surface area contributed by atoms with E-state index in [0.29, 0.717) is 11.3 Å². The third-order valence-electron chi connectivity index (χ3n) is 4.99. The van der Waals surface area contributed by atoms with Gasteiger partial charge in [0.2, 0.25) is 0 Å². The van der Waals surface area contributed by atoms with Crippen molar-refractivity contribution in [2.75, 3.05) is 32.1 Å². The Morgan fingerprint density at radius 1 is 1.23 bits per heavy atom. The lowest BCUT2D eigenvalue weighted by Gasteiger charge is -2.21. The standard InChI is InChI=1S/C23H29BrN4O2/c1-3-4-7-10-28(11-12-30-2)16-19-14-17-13-18(15-25-22(17)26-19)27-23(29)20-8-5-6-9-21(20)24/h5-6,8-9,13-15H,3-4,7,10-12,16H2,1-2H3,(H,25,26)(H,27,29). The minimum atomic E-state index is -0.166. The molecule has 160 valence electrons. The van der Waals surface area contributed by atoms with E-state index in [1.54, 1.807) is 19.4 Å². The summed E-state index contributed by atoms with van der Waals surface area (Å²) in [4.78, 5) is 22.8. The summed E-state index contributed by atoms with van der Waals surface area (Å²) >= 11 is 3.42. The summed E-state index contributed by atoms with van der Waals surface area (Å²) in [7, 11) is 1.74. The minimum absolute atomic E-state index is 0.166. The highest BCUT2D eigenvalue weighted by Crippen LogP contribution is 2.21. The molecule has 1 amide bonds. The van der Waals surface area contributed by atoms with Crippen LogP contribution in [0.4, 0.5) is 5.69 Å². The van der Waals surface area contributed by atoms with Gasteiger partial charge in [0.25, 0.3) is 5.91 Å². The van der Waals surface area contributed by atoms with Crippen LogP contribution in [-0.4, -0.2) is 47.6 Å². The largest absolute Gasteiger partial charge is 0.383 e. The molecule has 0 spiro atoms. The van der Waals surface area contributed by atoms with Crippen LogP contribution < -0.4 is 5.32 Å². The Morgan fingerprint density at radius 3 is 2.83 bits per heavy atom. The number of nitrogens with one attached hydrogen (secondary N) is 2. The van der Waals surface area contributed by atoms with E-state index in [1.807, 2.05) is 24.3 Å². The van der Waals surface area contributed by atoms with Gasteiger partial charge in [0.1, 0.15) is 5.65 Å². The fourth-order valence-corrected chi connectivity index (χ4v) is 3.85. The van der Waals surface area contributed by atoms with E-state index < -0.39 is 0 Å². The Balaban J connectivity index is 1.70. The van der Waals surface area contributed by atoms with Gasteiger partial charge < -0.3 is 15.0 Å². The van der Waals surface area contributed by atoms with Gasteiger partial charge in [-0.1, -0.05) is 31.9 Å². The summed E-state index contributed by atoms with van der Waals surface area (Å²) in [5, 5.41) is 3.91. The fourth-order valence-electron chi connectivity index (χ4n) is 3.39. The first kappa shape index (κ1) is 22.5. The first-order valence-corrected chi connectivity index (χ1v) is 11.1. The maximum atomic E-state index is 12.6. The number of aromatic nitrogens is 2. The number of ether oxygens (including phenoxy) is 1. The summed E-state index contributed by atoms with van der Waals surface area (Å²) in [6.07, 6.45) is 5.31. The van der Waals surface area contributed by atoms with Crippen LogP contribution in [0.25, 0.3) is 11.0 Å². The number of nitrogens with zero attached hydrogens (tertiary/aromatic N) is 2. The first-order chi connectivity index (χ1) is 14.6. The maximum Gasteiger partial charge on any atom is 0.256 e. The predicted octanol–water partition coefficient (Wildman–Crippen LogP) is 5.22. The first-order valence-electron chi connectivity index (χ1n) is 10.4. The number of carbonyl (C=O) groups excluding carboxylic acids is 1. The van der Waals surface area contributed by atoms with Gasteiger partial charge in [-0.15, -0.1) is 0 Å². The lowest BCUT2D eigenvalue weighted by Crippen LogP contribution is -2.28. The van der Waals surface area contributed by atoms with Gasteiger partial charge in [-0.25, -0.2) is 4.98 Å². The summed E-state index contributed by atoms with van der Waals surface area (Å²) in [5.74, 6) is -0.166. The van der Waals surface area contributed by atoms with Crippen molar-refractivity contribution in [3.8, 4) is 0 Å². The Hall–Kier alpha value is -2.22. The van der Waals surface area contributed by atoms with Crippen molar-refractivity contribution in [1.82, 2.24) is 14.9 Å². The van der Waals surface area contributed by atoms with Crippen molar-refractivity contribution in [3.63, 3.8) is 0 Å². The van der Waals surface area contributed by atoms with E-state index in [9.17, 15) is 4.79 Å². The highest BCUT2D eigenvalue weighted by molar-refractivity contribution is 9.10. The van der Waals surface area contributed by atoms with E-state index in [0.717, 1.165) is 47.4 Å². The van der Waals surface area contributed by atoms with Gasteiger partial charge in [0, 0.05) is 35.8 Å². The van der Waals surface area contributed by atoms with Crippen LogP contribution in [0, 0.1) is 0 Å². The van der Waals surface area contributed by atoms with Crippen LogP contribution in [0.5, 0.6) is 0 Å². The number of fused-ring (bicyclic) bond motifs is 1. The molecule has 0 unspecified atom stereocenters. The van der Waals surface area contributed by atoms with Crippen molar-refractivity contribution in [2.45, 2.75) is 32.7 Å². The molecule has 0 aliphatic rings. The Kier molecular flexibility index (Phi) is 8.42.